The maximum Gasteiger partial charge on any atom is 0.254 e. The van der Waals surface area contributed by atoms with Crippen molar-refractivity contribution in [3.63, 3.8) is 0 Å². The molecule has 2 aliphatic heterocycles. The van der Waals surface area contributed by atoms with Gasteiger partial charge < -0.3 is 15.5 Å². The van der Waals surface area contributed by atoms with Crippen molar-refractivity contribution < 1.29 is 4.79 Å². The van der Waals surface area contributed by atoms with Gasteiger partial charge in [0, 0.05) is 37.1 Å². The molecule has 1 amide bonds. The van der Waals surface area contributed by atoms with E-state index in [1.807, 2.05) is 41.2 Å². The largest absolute Gasteiger partial charge is 0.368 e. The number of nitrogens with zero attached hydrogens (tertiary/aromatic N) is 5. The molecule has 1 fully saturated rings. The third kappa shape index (κ3) is 3.38. The van der Waals surface area contributed by atoms with Gasteiger partial charge in [0.05, 0.1) is 41.2 Å². The van der Waals surface area contributed by atoms with Crippen molar-refractivity contribution in [1.82, 2.24) is 24.7 Å². The van der Waals surface area contributed by atoms with E-state index in [-0.39, 0.29) is 5.91 Å². The van der Waals surface area contributed by atoms with Gasteiger partial charge in [-0.1, -0.05) is 6.07 Å². The summed E-state index contributed by atoms with van der Waals surface area (Å²) in [5.41, 5.74) is 6.21. The number of aromatic nitrogens is 4. The van der Waals surface area contributed by atoms with Crippen LogP contribution < -0.4 is 15.5 Å². The van der Waals surface area contributed by atoms with Crippen LogP contribution in [0.1, 0.15) is 42.1 Å². The van der Waals surface area contributed by atoms with Crippen molar-refractivity contribution in [2.75, 3.05) is 16.8 Å². The fourth-order valence-corrected chi connectivity index (χ4v) is 4.98. The van der Waals surface area contributed by atoms with Crippen LogP contribution in [0, 0.1) is 0 Å². The molecule has 4 aromatic rings. The topological polar surface area (TPSA) is 87.4 Å². The van der Waals surface area contributed by atoms with Crippen LogP contribution in [0.15, 0.2) is 55.2 Å². The molecule has 8 heteroatoms. The van der Waals surface area contributed by atoms with Gasteiger partial charge in [-0.05, 0) is 49.9 Å². The number of carbonyl (C=O) groups is 1. The van der Waals surface area contributed by atoms with E-state index in [2.05, 4.69) is 43.5 Å². The lowest BCUT2D eigenvalue weighted by molar-refractivity contribution is 0.0966. The SMILES string of the molecule is CC1CCCCN1c1ccc(Nc2ccc(-c3cnc4cnccn34)c3c2C(=O)NC3)nc1. The van der Waals surface area contributed by atoms with Crippen LogP contribution in [-0.4, -0.2) is 37.8 Å². The number of nitrogens with one attached hydrogen (secondary N) is 2. The van der Waals surface area contributed by atoms with Crippen LogP contribution in [0.25, 0.3) is 16.9 Å². The van der Waals surface area contributed by atoms with Crippen molar-refractivity contribution >= 4 is 28.7 Å². The highest BCUT2D eigenvalue weighted by molar-refractivity contribution is 6.06. The molecule has 2 aliphatic rings. The first kappa shape index (κ1) is 19.7. The second kappa shape index (κ2) is 7.88. The summed E-state index contributed by atoms with van der Waals surface area (Å²) in [7, 11) is 0. The summed E-state index contributed by atoms with van der Waals surface area (Å²) in [6.45, 7) is 3.83. The van der Waals surface area contributed by atoms with Gasteiger partial charge in [-0.3, -0.25) is 14.2 Å². The summed E-state index contributed by atoms with van der Waals surface area (Å²) >= 11 is 0. The molecule has 1 saturated heterocycles. The molecule has 0 spiro atoms. The number of amides is 1. The number of pyridine rings is 1. The molecule has 166 valence electrons. The van der Waals surface area contributed by atoms with Crippen LogP contribution in [0.5, 0.6) is 0 Å². The lowest BCUT2D eigenvalue weighted by atomic mass is 9.99. The highest BCUT2D eigenvalue weighted by Gasteiger charge is 2.27. The second-order valence-electron chi connectivity index (χ2n) is 8.71. The zero-order valence-corrected chi connectivity index (χ0v) is 18.5. The summed E-state index contributed by atoms with van der Waals surface area (Å²) in [5, 5.41) is 6.33. The number of anilines is 3. The third-order valence-corrected chi connectivity index (χ3v) is 6.70. The summed E-state index contributed by atoms with van der Waals surface area (Å²) in [4.78, 5) is 28.4. The van der Waals surface area contributed by atoms with E-state index in [0.29, 0.717) is 18.2 Å². The van der Waals surface area contributed by atoms with Crippen molar-refractivity contribution in [3.8, 4) is 11.3 Å². The lowest BCUT2D eigenvalue weighted by Crippen LogP contribution is -2.37. The minimum atomic E-state index is -0.0800. The Kier molecular flexibility index (Phi) is 4.71. The third-order valence-electron chi connectivity index (χ3n) is 6.70. The Labute approximate surface area is 191 Å². The van der Waals surface area contributed by atoms with E-state index in [1.54, 1.807) is 12.4 Å². The fraction of sp³-hybridized carbons (Fsp3) is 0.280. The minimum Gasteiger partial charge on any atom is -0.368 e. The number of carbonyl (C=O) groups excluding carboxylic acids is 1. The molecule has 1 unspecified atom stereocenters. The van der Waals surface area contributed by atoms with Gasteiger partial charge in [0.1, 0.15) is 5.82 Å². The van der Waals surface area contributed by atoms with E-state index in [0.717, 1.165) is 46.2 Å². The van der Waals surface area contributed by atoms with Crippen molar-refractivity contribution in [2.24, 2.45) is 0 Å². The smallest absolute Gasteiger partial charge is 0.254 e. The molecule has 1 atom stereocenters. The number of benzene rings is 1. The maximum atomic E-state index is 12.7. The Hall–Kier alpha value is -3.94. The standard InChI is InChI=1S/C25H25N7O/c1-16-4-2-3-10-31(16)17-5-8-22(27-12-17)30-20-7-6-18(19-13-29-25(33)24(19)20)21-14-28-23-15-26-9-11-32(21)23/h5-9,11-12,14-16H,2-4,10,13H2,1H3,(H,27,30)(H,29,33). The highest BCUT2D eigenvalue weighted by atomic mass is 16.1. The molecule has 33 heavy (non-hydrogen) atoms. The molecular weight excluding hydrogens is 414 g/mol. The Balaban J connectivity index is 1.33. The van der Waals surface area contributed by atoms with Gasteiger partial charge in [-0.25, -0.2) is 9.97 Å². The monoisotopic (exact) mass is 439 g/mol. The Bertz CT molecular complexity index is 1340. The van der Waals surface area contributed by atoms with Crippen LogP contribution >= 0.6 is 0 Å². The molecule has 0 radical (unpaired) electrons. The van der Waals surface area contributed by atoms with E-state index in [1.165, 1.54) is 19.3 Å². The molecule has 8 nitrogen and oxygen atoms in total. The molecule has 0 aliphatic carbocycles. The first-order valence-electron chi connectivity index (χ1n) is 11.4. The van der Waals surface area contributed by atoms with Gasteiger partial charge >= 0.3 is 0 Å². The Morgan fingerprint density at radius 3 is 2.88 bits per heavy atom. The number of fused-ring (bicyclic) bond motifs is 2. The molecule has 0 bridgehead atoms. The van der Waals surface area contributed by atoms with Gasteiger partial charge in [0.2, 0.25) is 0 Å². The number of piperidine rings is 1. The average Bonchev–Trinajstić information content (AvgIpc) is 3.45. The minimum absolute atomic E-state index is 0.0800. The zero-order chi connectivity index (χ0) is 22.4. The van der Waals surface area contributed by atoms with Gasteiger partial charge in [0.25, 0.3) is 5.91 Å². The van der Waals surface area contributed by atoms with Gasteiger partial charge in [0.15, 0.2) is 5.65 Å². The average molecular weight is 440 g/mol. The van der Waals surface area contributed by atoms with E-state index < -0.39 is 0 Å². The first-order chi connectivity index (χ1) is 16.2. The van der Waals surface area contributed by atoms with Crippen molar-refractivity contribution in [1.29, 1.82) is 0 Å². The summed E-state index contributed by atoms with van der Waals surface area (Å²) < 4.78 is 1.99. The fourth-order valence-electron chi connectivity index (χ4n) is 4.98. The van der Waals surface area contributed by atoms with Crippen LogP contribution in [-0.2, 0) is 6.54 Å². The molecule has 0 saturated carbocycles. The molecule has 5 heterocycles. The first-order valence-corrected chi connectivity index (χ1v) is 11.4. The molecule has 6 rings (SSSR count). The van der Waals surface area contributed by atoms with Gasteiger partial charge in [-0.15, -0.1) is 0 Å². The summed E-state index contributed by atoms with van der Waals surface area (Å²) in [5.74, 6) is 0.641. The normalized spacial score (nSPS) is 17.8. The molecule has 3 aromatic heterocycles. The predicted octanol–water partition coefficient (Wildman–Crippen LogP) is 4.16. The molecule has 1 aromatic carbocycles. The highest BCUT2D eigenvalue weighted by Crippen LogP contribution is 2.35. The van der Waals surface area contributed by atoms with Crippen LogP contribution in [0.4, 0.5) is 17.2 Å². The predicted molar refractivity (Wildman–Crippen MR) is 128 cm³/mol. The van der Waals surface area contributed by atoms with Gasteiger partial charge in [-0.2, -0.15) is 0 Å². The van der Waals surface area contributed by atoms with Crippen molar-refractivity contribution in [3.05, 3.63) is 66.4 Å². The molecule has 2 N–H and O–H groups in total. The summed E-state index contributed by atoms with van der Waals surface area (Å²) in [6, 6.07) is 8.62. The molecular formula is C25H25N7O. The quantitative estimate of drug-likeness (QED) is 0.497. The Morgan fingerprint density at radius 2 is 2.03 bits per heavy atom. The van der Waals surface area contributed by atoms with Crippen molar-refractivity contribution in [2.45, 2.75) is 38.8 Å². The number of hydrogen-bond donors (Lipinski definition) is 2. The van der Waals surface area contributed by atoms with E-state index in [4.69, 9.17) is 0 Å². The second-order valence-corrected chi connectivity index (χ2v) is 8.71. The number of hydrogen-bond acceptors (Lipinski definition) is 6. The maximum absolute atomic E-state index is 12.7. The van der Waals surface area contributed by atoms with E-state index >= 15 is 0 Å². The van der Waals surface area contributed by atoms with Crippen LogP contribution in [0.3, 0.4) is 0 Å². The lowest BCUT2D eigenvalue weighted by Gasteiger charge is -2.35. The summed E-state index contributed by atoms with van der Waals surface area (Å²) in [6.07, 6.45) is 12.8. The van der Waals surface area contributed by atoms with E-state index in [9.17, 15) is 4.79 Å². The number of imidazole rings is 1. The Morgan fingerprint density at radius 1 is 1.09 bits per heavy atom. The van der Waals surface area contributed by atoms with Crippen LogP contribution in [0.2, 0.25) is 0 Å². The zero-order valence-electron chi connectivity index (χ0n) is 18.5. The number of rotatable bonds is 4.